The number of hydrogen-bond donors (Lipinski definition) is 0. The third-order valence-electron chi connectivity index (χ3n) is 3.87. The molecule has 0 aliphatic heterocycles. The van der Waals surface area contributed by atoms with E-state index < -0.39 is 5.97 Å². The lowest BCUT2D eigenvalue weighted by Gasteiger charge is -2.07. The number of carbonyl (C=O) groups excluding carboxylic acids is 2. The van der Waals surface area contributed by atoms with E-state index in [2.05, 4.69) is 0 Å². The van der Waals surface area contributed by atoms with Crippen LogP contribution in [0.15, 0.2) is 48.5 Å². The summed E-state index contributed by atoms with van der Waals surface area (Å²) in [5, 5.41) is 0. The second-order valence-electron chi connectivity index (χ2n) is 5.52. The summed E-state index contributed by atoms with van der Waals surface area (Å²) in [6.45, 7) is 1.74. The maximum atomic E-state index is 12.1. The molecule has 0 fully saturated rings. The van der Waals surface area contributed by atoms with Gasteiger partial charge in [-0.15, -0.1) is 0 Å². The van der Waals surface area contributed by atoms with Crippen LogP contribution in [0.5, 0.6) is 11.5 Å². The van der Waals surface area contributed by atoms with E-state index in [1.54, 1.807) is 50.6 Å². The van der Waals surface area contributed by atoms with Crippen LogP contribution < -0.4 is 9.47 Å². The Kier molecular flexibility index (Phi) is 6.97. The van der Waals surface area contributed by atoms with Gasteiger partial charge in [0.15, 0.2) is 12.4 Å². The van der Waals surface area contributed by atoms with Crippen LogP contribution in [-0.4, -0.2) is 32.6 Å². The van der Waals surface area contributed by atoms with Crippen molar-refractivity contribution >= 4 is 17.8 Å². The molecule has 5 heteroatoms. The summed E-state index contributed by atoms with van der Waals surface area (Å²) in [4.78, 5) is 23.9. The molecule has 0 amide bonds. The number of Topliss-reactive ketones (excluding diaryl/α,β-unsaturated/α-hetero) is 1. The van der Waals surface area contributed by atoms with E-state index in [4.69, 9.17) is 14.2 Å². The van der Waals surface area contributed by atoms with E-state index in [1.165, 1.54) is 6.08 Å². The van der Waals surface area contributed by atoms with Crippen molar-refractivity contribution in [1.82, 2.24) is 0 Å². The van der Waals surface area contributed by atoms with Gasteiger partial charge in [0, 0.05) is 17.2 Å². The average Bonchev–Trinajstić information content (AvgIpc) is 2.70. The van der Waals surface area contributed by atoms with Gasteiger partial charge in [-0.1, -0.05) is 31.2 Å². The minimum Gasteiger partial charge on any atom is -0.497 e. The molecule has 0 bridgehead atoms. The van der Waals surface area contributed by atoms with E-state index in [0.29, 0.717) is 22.6 Å². The van der Waals surface area contributed by atoms with Crippen molar-refractivity contribution in [3.05, 3.63) is 65.2 Å². The predicted molar refractivity (Wildman–Crippen MR) is 99.7 cm³/mol. The molecule has 0 aromatic heterocycles. The summed E-state index contributed by atoms with van der Waals surface area (Å²) in [5.41, 5.74) is 2.34. The van der Waals surface area contributed by atoms with Crippen molar-refractivity contribution in [3.8, 4) is 11.5 Å². The molecule has 0 radical (unpaired) electrons. The normalized spacial score (nSPS) is 10.6. The maximum absolute atomic E-state index is 12.1. The Hall–Kier alpha value is -3.08. The van der Waals surface area contributed by atoms with Crippen molar-refractivity contribution in [2.75, 3.05) is 20.8 Å². The molecule has 0 aliphatic carbocycles. The first-order valence-corrected chi connectivity index (χ1v) is 8.26. The largest absolute Gasteiger partial charge is 0.497 e. The van der Waals surface area contributed by atoms with Crippen LogP contribution >= 0.6 is 0 Å². The summed E-state index contributed by atoms with van der Waals surface area (Å²) >= 11 is 0. The Morgan fingerprint density at radius 1 is 1.00 bits per heavy atom. The molecule has 2 aromatic rings. The summed E-state index contributed by atoms with van der Waals surface area (Å²) in [6.07, 6.45) is 3.72. The number of benzene rings is 2. The fraction of sp³-hybridized carbons (Fsp3) is 0.238. The number of ketones is 1. The second kappa shape index (κ2) is 9.42. The van der Waals surface area contributed by atoms with Crippen molar-refractivity contribution in [2.24, 2.45) is 0 Å². The zero-order valence-corrected chi connectivity index (χ0v) is 15.2. The van der Waals surface area contributed by atoms with Gasteiger partial charge in [0.25, 0.3) is 0 Å². The van der Waals surface area contributed by atoms with Gasteiger partial charge < -0.3 is 14.2 Å². The zero-order valence-electron chi connectivity index (χ0n) is 15.2. The number of rotatable bonds is 8. The van der Waals surface area contributed by atoms with Crippen molar-refractivity contribution in [1.29, 1.82) is 0 Å². The monoisotopic (exact) mass is 354 g/mol. The molecule has 2 aromatic carbocycles. The SMILES string of the molecule is CCc1ccc(C(=O)COC(=O)/C=C/c2cc(OC)ccc2OC)cc1. The van der Waals surface area contributed by atoms with Gasteiger partial charge in [0.2, 0.25) is 0 Å². The summed E-state index contributed by atoms with van der Waals surface area (Å²) in [7, 11) is 3.10. The molecule has 0 N–H and O–H groups in total. The molecular formula is C21H22O5. The third-order valence-corrected chi connectivity index (χ3v) is 3.87. The summed E-state index contributed by atoms with van der Waals surface area (Å²) in [6, 6.07) is 12.5. The standard InChI is InChI=1S/C21H22O5/c1-4-15-5-7-16(8-6-15)19(22)14-26-21(23)12-9-17-13-18(24-2)10-11-20(17)25-3/h5-13H,4,14H2,1-3H3/b12-9+. The van der Waals surface area contributed by atoms with Crippen molar-refractivity contribution < 1.29 is 23.8 Å². The highest BCUT2D eigenvalue weighted by Crippen LogP contribution is 2.25. The lowest BCUT2D eigenvalue weighted by Crippen LogP contribution is -2.12. The van der Waals surface area contributed by atoms with Gasteiger partial charge in [0.1, 0.15) is 11.5 Å². The first-order valence-electron chi connectivity index (χ1n) is 8.26. The molecule has 2 rings (SSSR count). The van der Waals surface area contributed by atoms with Gasteiger partial charge in [-0.05, 0) is 36.3 Å². The molecule has 0 spiro atoms. The molecule has 0 unspecified atom stereocenters. The number of esters is 1. The molecule has 0 heterocycles. The molecule has 26 heavy (non-hydrogen) atoms. The number of methoxy groups -OCH3 is 2. The van der Waals surface area contributed by atoms with Gasteiger partial charge in [-0.3, -0.25) is 4.79 Å². The van der Waals surface area contributed by atoms with Crippen LogP contribution in [0.2, 0.25) is 0 Å². The topological polar surface area (TPSA) is 61.8 Å². The highest BCUT2D eigenvalue weighted by atomic mass is 16.5. The van der Waals surface area contributed by atoms with Crippen LogP contribution in [0.3, 0.4) is 0 Å². The molecule has 0 atom stereocenters. The average molecular weight is 354 g/mol. The maximum Gasteiger partial charge on any atom is 0.331 e. The molecule has 5 nitrogen and oxygen atoms in total. The van der Waals surface area contributed by atoms with E-state index in [9.17, 15) is 9.59 Å². The smallest absolute Gasteiger partial charge is 0.331 e. The first-order chi connectivity index (χ1) is 12.6. The third kappa shape index (κ3) is 5.21. The van der Waals surface area contributed by atoms with Crippen LogP contribution in [0.1, 0.15) is 28.4 Å². The molecule has 0 saturated carbocycles. The van der Waals surface area contributed by atoms with Crippen LogP contribution in [0, 0.1) is 0 Å². The Morgan fingerprint density at radius 2 is 1.73 bits per heavy atom. The van der Waals surface area contributed by atoms with Gasteiger partial charge >= 0.3 is 5.97 Å². The summed E-state index contributed by atoms with van der Waals surface area (Å²) in [5.74, 6) is 0.397. The zero-order chi connectivity index (χ0) is 18.9. The lowest BCUT2D eigenvalue weighted by molar-refractivity contribution is -0.136. The highest BCUT2D eigenvalue weighted by molar-refractivity contribution is 5.99. The van der Waals surface area contributed by atoms with E-state index in [1.807, 2.05) is 19.1 Å². The van der Waals surface area contributed by atoms with E-state index >= 15 is 0 Å². The molecular weight excluding hydrogens is 332 g/mol. The summed E-state index contributed by atoms with van der Waals surface area (Å²) < 4.78 is 15.4. The van der Waals surface area contributed by atoms with Crippen LogP contribution in [-0.2, 0) is 16.0 Å². The minimum atomic E-state index is -0.603. The van der Waals surface area contributed by atoms with E-state index in [0.717, 1.165) is 12.0 Å². The number of aryl methyl sites for hydroxylation is 1. The number of hydrogen-bond acceptors (Lipinski definition) is 5. The number of carbonyl (C=O) groups is 2. The van der Waals surface area contributed by atoms with Crippen LogP contribution in [0.4, 0.5) is 0 Å². The molecule has 136 valence electrons. The lowest BCUT2D eigenvalue weighted by atomic mass is 10.1. The Labute approximate surface area is 153 Å². The Morgan fingerprint density at radius 3 is 2.35 bits per heavy atom. The predicted octanol–water partition coefficient (Wildman–Crippen LogP) is 3.71. The van der Waals surface area contributed by atoms with Gasteiger partial charge in [0.05, 0.1) is 14.2 Å². The first kappa shape index (κ1) is 19.2. The quantitative estimate of drug-likeness (QED) is 0.411. The second-order valence-corrected chi connectivity index (χ2v) is 5.52. The Balaban J connectivity index is 1.95. The highest BCUT2D eigenvalue weighted by Gasteiger charge is 2.09. The fourth-order valence-corrected chi connectivity index (χ4v) is 2.32. The molecule has 0 saturated heterocycles. The van der Waals surface area contributed by atoms with E-state index in [-0.39, 0.29) is 12.4 Å². The Bertz CT molecular complexity index is 791. The fourth-order valence-electron chi connectivity index (χ4n) is 2.32. The number of ether oxygens (including phenoxy) is 3. The molecule has 0 aliphatic rings. The van der Waals surface area contributed by atoms with Gasteiger partial charge in [-0.25, -0.2) is 4.79 Å². The van der Waals surface area contributed by atoms with Gasteiger partial charge in [-0.2, -0.15) is 0 Å². The van der Waals surface area contributed by atoms with Crippen LogP contribution in [0.25, 0.3) is 6.08 Å². The van der Waals surface area contributed by atoms with Crippen molar-refractivity contribution in [2.45, 2.75) is 13.3 Å². The minimum absolute atomic E-state index is 0.242. The van der Waals surface area contributed by atoms with Crippen molar-refractivity contribution in [3.63, 3.8) is 0 Å².